The first-order valence-electron chi connectivity index (χ1n) is 3.35. The lowest BCUT2D eigenvalue weighted by molar-refractivity contribution is -0.142. The largest absolute Gasteiger partial charge is 0.469 e. The Bertz CT molecular complexity index is 176. The van der Waals surface area contributed by atoms with E-state index in [9.17, 15) is 4.79 Å². The van der Waals surface area contributed by atoms with Crippen molar-refractivity contribution >= 4 is 5.97 Å². The van der Waals surface area contributed by atoms with E-state index in [2.05, 4.69) is 16.6 Å². The highest BCUT2D eigenvalue weighted by Gasteiger charge is 2.08. The van der Waals surface area contributed by atoms with Gasteiger partial charge in [-0.15, -0.1) is 11.8 Å². The molecule has 0 aliphatic rings. The SMILES string of the molecule is CC#CCC(O)CC(=O)OC. The molecule has 62 valence electrons. The van der Waals surface area contributed by atoms with Crippen LogP contribution in [-0.4, -0.2) is 24.3 Å². The minimum Gasteiger partial charge on any atom is -0.469 e. The van der Waals surface area contributed by atoms with Crippen LogP contribution in [0.3, 0.4) is 0 Å². The number of hydrogen-bond donors (Lipinski definition) is 1. The van der Waals surface area contributed by atoms with Gasteiger partial charge in [-0.3, -0.25) is 4.79 Å². The Hall–Kier alpha value is -1.01. The molecule has 3 nitrogen and oxygen atoms in total. The van der Waals surface area contributed by atoms with E-state index in [1.165, 1.54) is 7.11 Å². The Labute approximate surface area is 66.4 Å². The number of rotatable bonds is 3. The van der Waals surface area contributed by atoms with Crippen LogP contribution in [0.15, 0.2) is 0 Å². The Kier molecular flexibility index (Phi) is 5.22. The highest BCUT2D eigenvalue weighted by Crippen LogP contribution is 1.97. The molecule has 0 saturated heterocycles. The van der Waals surface area contributed by atoms with E-state index in [0.717, 1.165) is 0 Å². The quantitative estimate of drug-likeness (QED) is 0.473. The van der Waals surface area contributed by atoms with Crippen molar-refractivity contribution in [2.24, 2.45) is 0 Å². The molecule has 0 amide bonds. The van der Waals surface area contributed by atoms with Crippen molar-refractivity contribution in [2.75, 3.05) is 7.11 Å². The van der Waals surface area contributed by atoms with Gasteiger partial charge in [0.2, 0.25) is 0 Å². The lowest BCUT2D eigenvalue weighted by Crippen LogP contribution is -2.13. The van der Waals surface area contributed by atoms with Crippen molar-refractivity contribution in [3.63, 3.8) is 0 Å². The Balaban J connectivity index is 3.57. The van der Waals surface area contributed by atoms with Gasteiger partial charge >= 0.3 is 5.97 Å². The summed E-state index contributed by atoms with van der Waals surface area (Å²) in [6.07, 6.45) is -0.355. The van der Waals surface area contributed by atoms with Crippen LogP contribution in [0.2, 0.25) is 0 Å². The number of aliphatic hydroxyl groups is 1. The third-order valence-corrected chi connectivity index (χ3v) is 1.14. The number of aliphatic hydroxyl groups excluding tert-OH is 1. The van der Waals surface area contributed by atoms with Crippen LogP contribution in [0.4, 0.5) is 0 Å². The third kappa shape index (κ3) is 5.43. The molecular formula is C8H12O3. The summed E-state index contributed by atoms with van der Waals surface area (Å²) in [7, 11) is 1.29. The molecule has 0 saturated carbocycles. The van der Waals surface area contributed by atoms with Crippen molar-refractivity contribution < 1.29 is 14.6 Å². The van der Waals surface area contributed by atoms with E-state index in [-0.39, 0.29) is 6.42 Å². The zero-order chi connectivity index (χ0) is 8.69. The zero-order valence-electron chi connectivity index (χ0n) is 6.76. The third-order valence-electron chi connectivity index (χ3n) is 1.14. The second kappa shape index (κ2) is 5.75. The van der Waals surface area contributed by atoms with E-state index in [0.29, 0.717) is 6.42 Å². The minimum absolute atomic E-state index is 0.0190. The molecule has 1 atom stereocenters. The Morgan fingerprint density at radius 2 is 2.36 bits per heavy atom. The number of carbonyl (C=O) groups excluding carboxylic acids is 1. The summed E-state index contributed by atoms with van der Waals surface area (Å²) < 4.78 is 4.35. The average Bonchev–Trinajstić information content (AvgIpc) is 2.00. The number of carbonyl (C=O) groups is 1. The van der Waals surface area contributed by atoms with E-state index in [4.69, 9.17) is 5.11 Å². The van der Waals surface area contributed by atoms with Crippen LogP contribution in [0, 0.1) is 11.8 Å². The summed E-state index contributed by atoms with van der Waals surface area (Å²) in [6, 6.07) is 0. The van der Waals surface area contributed by atoms with E-state index >= 15 is 0 Å². The average molecular weight is 156 g/mol. The van der Waals surface area contributed by atoms with Crippen LogP contribution < -0.4 is 0 Å². The highest BCUT2D eigenvalue weighted by molar-refractivity contribution is 5.69. The Morgan fingerprint density at radius 1 is 1.73 bits per heavy atom. The van der Waals surface area contributed by atoms with Gasteiger partial charge in [-0.1, -0.05) is 0 Å². The van der Waals surface area contributed by atoms with Gasteiger partial charge in [0, 0.05) is 6.42 Å². The fraction of sp³-hybridized carbons (Fsp3) is 0.625. The first kappa shape index (κ1) is 9.99. The smallest absolute Gasteiger partial charge is 0.308 e. The number of esters is 1. The van der Waals surface area contributed by atoms with E-state index in [1.54, 1.807) is 6.92 Å². The predicted molar refractivity (Wildman–Crippen MR) is 40.7 cm³/mol. The topological polar surface area (TPSA) is 46.5 Å². The molecule has 0 aliphatic carbocycles. The van der Waals surface area contributed by atoms with Gasteiger partial charge in [0.15, 0.2) is 0 Å². The van der Waals surface area contributed by atoms with Crippen molar-refractivity contribution in [3.8, 4) is 11.8 Å². The second-order valence-electron chi connectivity index (χ2n) is 2.06. The van der Waals surface area contributed by atoms with Crippen LogP contribution in [0.1, 0.15) is 19.8 Å². The fourth-order valence-electron chi connectivity index (χ4n) is 0.568. The maximum absolute atomic E-state index is 10.6. The van der Waals surface area contributed by atoms with Gasteiger partial charge in [0.05, 0.1) is 19.6 Å². The summed E-state index contributed by atoms with van der Waals surface area (Å²) >= 11 is 0. The minimum atomic E-state index is -0.699. The summed E-state index contributed by atoms with van der Waals surface area (Å²) in [6.45, 7) is 1.69. The van der Waals surface area contributed by atoms with Crippen molar-refractivity contribution in [1.82, 2.24) is 0 Å². The lowest BCUT2D eigenvalue weighted by atomic mass is 10.2. The molecule has 3 heteroatoms. The molecule has 0 bridgehead atoms. The van der Waals surface area contributed by atoms with Gasteiger partial charge in [-0.2, -0.15) is 0 Å². The van der Waals surface area contributed by atoms with Crippen LogP contribution in [0.5, 0.6) is 0 Å². The maximum Gasteiger partial charge on any atom is 0.308 e. The van der Waals surface area contributed by atoms with Gasteiger partial charge in [0.1, 0.15) is 0 Å². The molecule has 1 N–H and O–H groups in total. The van der Waals surface area contributed by atoms with Gasteiger partial charge in [-0.25, -0.2) is 0 Å². The number of hydrogen-bond acceptors (Lipinski definition) is 3. The molecule has 1 unspecified atom stereocenters. The second-order valence-corrected chi connectivity index (χ2v) is 2.06. The molecule has 0 rings (SSSR count). The zero-order valence-corrected chi connectivity index (χ0v) is 6.76. The molecule has 0 aromatic heterocycles. The summed E-state index contributed by atoms with van der Waals surface area (Å²) in [5.74, 6) is 4.89. The molecule has 0 radical (unpaired) electrons. The predicted octanol–water partition coefficient (Wildman–Crippen LogP) is 0.324. The first-order chi connectivity index (χ1) is 5.20. The van der Waals surface area contributed by atoms with Crippen LogP contribution in [-0.2, 0) is 9.53 Å². The summed E-state index contributed by atoms with van der Waals surface area (Å²) in [5, 5.41) is 9.08. The van der Waals surface area contributed by atoms with Gasteiger partial charge in [-0.05, 0) is 6.92 Å². The van der Waals surface area contributed by atoms with Crippen LogP contribution >= 0.6 is 0 Å². The van der Waals surface area contributed by atoms with Crippen molar-refractivity contribution in [3.05, 3.63) is 0 Å². The fourth-order valence-corrected chi connectivity index (χ4v) is 0.568. The molecule has 0 fully saturated rings. The molecule has 0 aliphatic heterocycles. The molecule has 11 heavy (non-hydrogen) atoms. The molecule has 0 aromatic carbocycles. The molecule has 0 spiro atoms. The van der Waals surface area contributed by atoms with E-state index in [1.807, 2.05) is 0 Å². The standard InChI is InChI=1S/C8H12O3/c1-3-4-5-7(9)6-8(10)11-2/h7,9H,5-6H2,1-2H3. The molecule has 0 heterocycles. The van der Waals surface area contributed by atoms with Crippen molar-refractivity contribution in [1.29, 1.82) is 0 Å². The molecule has 0 aromatic rings. The molecular weight excluding hydrogens is 144 g/mol. The summed E-state index contributed by atoms with van der Waals surface area (Å²) in [4.78, 5) is 10.6. The first-order valence-corrected chi connectivity index (χ1v) is 3.35. The number of methoxy groups -OCH3 is 1. The maximum atomic E-state index is 10.6. The normalized spacial score (nSPS) is 11.2. The highest BCUT2D eigenvalue weighted by atomic mass is 16.5. The van der Waals surface area contributed by atoms with Crippen molar-refractivity contribution in [2.45, 2.75) is 25.9 Å². The summed E-state index contributed by atoms with van der Waals surface area (Å²) in [5.41, 5.74) is 0. The lowest BCUT2D eigenvalue weighted by Gasteiger charge is -2.03. The van der Waals surface area contributed by atoms with E-state index < -0.39 is 12.1 Å². The van der Waals surface area contributed by atoms with Gasteiger partial charge in [0.25, 0.3) is 0 Å². The monoisotopic (exact) mass is 156 g/mol. The Morgan fingerprint density at radius 3 is 2.82 bits per heavy atom. The van der Waals surface area contributed by atoms with Gasteiger partial charge < -0.3 is 9.84 Å². The van der Waals surface area contributed by atoms with Crippen LogP contribution in [0.25, 0.3) is 0 Å². The number of ether oxygens (including phenoxy) is 1.